The zero-order valence-electron chi connectivity index (χ0n) is 10.6. The number of benzene rings is 1. The van der Waals surface area contributed by atoms with Gasteiger partial charge in [-0.1, -0.05) is 18.2 Å². The lowest BCUT2D eigenvalue weighted by molar-refractivity contribution is -0.143. The fraction of sp³-hybridized carbons (Fsp3) is 0.429. The maximum Gasteiger partial charge on any atom is 0.311 e. The van der Waals surface area contributed by atoms with Crippen molar-refractivity contribution in [2.75, 3.05) is 7.05 Å². The summed E-state index contributed by atoms with van der Waals surface area (Å²) in [5.41, 5.74) is 8.80. The van der Waals surface area contributed by atoms with E-state index in [0.29, 0.717) is 6.54 Å². The van der Waals surface area contributed by atoms with E-state index in [1.165, 1.54) is 28.9 Å². The lowest BCUT2D eigenvalue weighted by Crippen LogP contribution is -2.37. The maximum atomic E-state index is 11.4. The second-order valence-corrected chi connectivity index (χ2v) is 4.84. The van der Waals surface area contributed by atoms with Crippen molar-refractivity contribution >= 4 is 11.8 Å². The lowest BCUT2D eigenvalue weighted by atomic mass is 9.90. The third kappa shape index (κ3) is 2.70. The molecule has 4 nitrogen and oxygen atoms in total. The molecule has 0 saturated carbocycles. The van der Waals surface area contributed by atoms with E-state index >= 15 is 0 Å². The van der Waals surface area contributed by atoms with Crippen LogP contribution in [0.4, 0.5) is 0 Å². The summed E-state index contributed by atoms with van der Waals surface area (Å²) in [6, 6.07) is 6.29. The number of hydrogen-bond acceptors (Lipinski definition) is 2. The highest BCUT2D eigenvalue weighted by molar-refractivity contribution is 6.34. The van der Waals surface area contributed by atoms with Gasteiger partial charge in [-0.15, -0.1) is 0 Å². The van der Waals surface area contributed by atoms with Gasteiger partial charge in [-0.3, -0.25) is 9.59 Å². The summed E-state index contributed by atoms with van der Waals surface area (Å²) < 4.78 is 0. The summed E-state index contributed by atoms with van der Waals surface area (Å²) in [4.78, 5) is 23.5. The first-order valence-corrected chi connectivity index (χ1v) is 6.23. The number of amides is 2. The van der Waals surface area contributed by atoms with E-state index in [-0.39, 0.29) is 0 Å². The quantitative estimate of drug-likeness (QED) is 0.791. The Morgan fingerprint density at radius 1 is 1.22 bits per heavy atom. The van der Waals surface area contributed by atoms with Crippen molar-refractivity contribution in [2.24, 2.45) is 5.73 Å². The molecule has 2 amide bonds. The molecule has 0 fully saturated rings. The zero-order chi connectivity index (χ0) is 13.1. The zero-order valence-corrected chi connectivity index (χ0v) is 10.6. The molecule has 0 spiro atoms. The highest BCUT2D eigenvalue weighted by atomic mass is 16.2. The average Bonchev–Trinajstić information content (AvgIpc) is 2.37. The van der Waals surface area contributed by atoms with E-state index in [9.17, 15) is 9.59 Å². The van der Waals surface area contributed by atoms with Gasteiger partial charge in [0, 0.05) is 13.6 Å². The minimum atomic E-state index is -0.907. The Bertz CT molecular complexity index is 483. The Kier molecular flexibility index (Phi) is 3.65. The molecule has 2 rings (SSSR count). The third-order valence-corrected chi connectivity index (χ3v) is 3.39. The average molecular weight is 246 g/mol. The molecule has 1 aromatic rings. The SMILES string of the molecule is CN(Cc1ccc2c(c1)CCCC2)C(=O)C(N)=O. The Hall–Kier alpha value is -1.84. The molecule has 1 aliphatic rings. The van der Waals surface area contributed by atoms with E-state index in [2.05, 4.69) is 12.1 Å². The van der Waals surface area contributed by atoms with Crippen LogP contribution in [-0.4, -0.2) is 23.8 Å². The van der Waals surface area contributed by atoms with Crippen LogP contribution in [0.15, 0.2) is 18.2 Å². The van der Waals surface area contributed by atoms with E-state index in [4.69, 9.17) is 5.73 Å². The Labute approximate surface area is 107 Å². The Morgan fingerprint density at radius 2 is 1.89 bits per heavy atom. The van der Waals surface area contributed by atoms with Gasteiger partial charge in [-0.25, -0.2) is 0 Å². The van der Waals surface area contributed by atoms with Crippen molar-refractivity contribution < 1.29 is 9.59 Å². The first-order valence-electron chi connectivity index (χ1n) is 6.23. The largest absolute Gasteiger partial charge is 0.361 e. The lowest BCUT2D eigenvalue weighted by Gasteiger charge is -2.19. The standard InChI is InChI=1S/C14H18N2O2/c1-16(14(18)13(15)17)9-10-6-7-11-4-2-3-5-12(11)8-10/h6-8H,2-5,9H2,1H3,(H2,15,17). The van der Waals surface area contributed by atoms with Gasteiger partial charge in [-0.05, 0) is 42.4 Å². The van der Waals surface area contributed by atoms with Crippen LogP contribution >= 0.6 is 0 Å². The number of carbonyl (C=O) groups is 2. The normalized spacial score (nSPS) is 13.8. The first kappa shape index (κ1) is 12.6. The number of fused-ring (bicyclic) bond motifs is 1. The van der Waals surface area contributed by atoms with Gasteiger partial charge in [0.1, 0.15) is 0 Å². The number of rotatable bonds is 2. The predicted octanol–water partition coefficient (Wildman–Crippen LogP) is 1.01. The van der Waals surface area contributed by atoms with Crippen LogP contribution in [0.5, 0.6) is 0 Å². The van der Waals surface area contributed by atoms with Crippen LogP contribution in [-0.2, 0) is 29.0 Å². The van der Waals surface area contributed by atoms with Crippen LogP contribution in [0.3, 0.4) is 0 Å². The van der Waals surface area contributed by atoms with Crippen LogP contribution in [0.25, 0.3) is 0 Å². The monoisotopic (exact) mass is 246 g/mol. The van der Waals surface area contributed by atoms with Gasteiger partial charge in [0.15, 0.2) is 0 Å². The van der Waals surface area contributed by atoms with Crippen LogP contribution in [0, 0.1) is 0 Å². The fourth-order valence-electron chi connectivity index (χ4n) is 2.42. The molecule has 2 N–H and O–H groups in total. The van der Waals surface area contributed by atoms with Crippen molar-refractivity contribution in [3.05, 3.63) is 34.9 Å². The first-order chi connectivity index (χ1) is 8.58. The molecule has 0 unspecified atom stereocenters. The van der Waals surface area contributed by atoms with Crippen molar-refractivity contribution in [3.63, 3.8) is 0 Å². The molecule has 0 saturated heterocycles. The van der Waals surface area contributed by atoms with E-state index in [0.717, 1.165) is 18.4 Å². The molecule has 4 heteroatoms. The molecule has 0 atom stereocenters. The summed E-state index contributed by atoms with van der Waals surface area (Å²) >= 11 is 0. The van der Waals surface area contributed by atoms with Gasteiger partial charge in [0.05, 0.1) is 0 Å². The summed E-state index contributed by atoms with van der Waals surface area (Å²) in [5.74, 6) is -1.55. The van der Waals surface area contributed by atoms with Crippen LogP contribution in [0.1, 0.15) is 29.5 Å². The number of primary amides is 1. The highest BCUT2D eigenvalue weighted by Crippen LogP contribution is 2.22. The maximum absolute atomic E-state index is 11.4. The molecule has 96 valence electrons. The molecule has 1 aromatic carbocycles. The minimum absolute atomic E-state index is 0.426. The molecular weight excluding hydrogens is 228 g/mol. The van der Waals surface area contributed by atoms with Gasteiger partial charge in [0.2, 0.25) is 0 Å². The predicted molar refractivity (Wildman–Crippen MR) is 68.8 cm³/mol. The number of hydrogen-bond donors (Lipinski definition) is 1. The smallest absolute Gasteiger partial charge is 0.311 e. The summed E-state index contributed by atoms with van der Waals surface area (Å²) in [6.45, 7) is 0.426. The number of likely N-dealkylation sites (N-methyl/N-ethyl adjacent to an activating group) is 1. The van der Waals surface area contributed by atoms with Gasteiger partial charge >= 0.3 is 11.8 Å². The third-order valence-electron chi connectivity index (χ3n) is 3.39. The van der Waals surface area contributed by atoms with Gasteiger partial charge in [0.25, 0.3) is 0 Å². The number of aryl methyl sites for hydroxylation is 2. The van der Waals surface area contributed by atoms with E-state index < -0.39 is 11.8 Å². The topological polar surface area (TPSA) is 63.4 Å². The molecule has 18 heavy (non-hydrogen) atoms. The Balaban J connectivity index is 2.10. The van der Waals surface area contributed by atoms with Gasteiger partial charge in [-0.2, -0.15) is 0 Å². The Morgan fingerprint density at radius 3 is 2.56 bits per heavy atom. The molecule has 0 radical (unpaired) electrons. The van der Waals surface area contributed by atoms with E-state index in [1.807, 2.05) is 6.07 Å². The second-order valence-electron chi connectivity index (χ2n) is 4.84. The van der Waals surface area contributed by atoms with Crippen molar-refractivity contribution in [2.45, 2.75) is 32.2 Å². The summed E-state index contributed by atoms with van der Waals surface area (Å²) in [6.07, 6.45) is 4.74. The number of nitrogens with zero attached hydrogens (tertiary/aromatic N) is 1. The number of carbonyl (C=O) groups excluding carboxylic acids is 2. The van der Waals surface area contributed by atoms with Crippen molar-refractivity contribution in [1.29, 1.82) is 0 Å². The molecule has 0 aromatic heterocycles. The highest BCUT2D eigenvalue weighted by Gasteiger charge is 2.16. The molecule has 0 heterocycles. The van der Waals surface area contributed by atoms with Crippen LogP contribution in [0.2, 0.25) is 0 Å². The van der Waals surface area contributed by atoms with Crippen molar-refractivity contribution in [3.8, 4) is 0 Å². The van der Waals surface area contributed by atoms with Crippen LogP contribution < -0.4 is 5.73 Å². The van der Waals surface area contributed by atoms with E-state index in [1.54, 1.807) is 7.05 Å². The molecule has 1 aliphatic carbocycles. The molecule has 0 aliphatic heterocycles. The van der Waals surface area contributed by atoms with Gasteiger partial charge < -0.3 is 10.6 Å². The van der Waals surface area contributed by atoms with Crippen molar-refractivity contribution in [1.82, 2.24) is 4.90 Å². The minimum Gasteiger partial charge on any atom is -0.361 e. The second kappa shape index (κ2) is 5.21. The molecular formula is C14H18N2O2. The summed E-state index contributed by atoms with van der Waals surface area (Å²) in [7, 11) is 1.59. The summed E-state index contributed by atoms with van der Waals surface area (Å²) in [5, 5.41) is 0. The fourth-order valence-corrected chi connectivity index (χ4v) is 2.42. The number of nitrogens with two attached hydrogens (primary N) is 1. The molecule has 0 bridgehead atoms.